The maximum Gasteiger partial charge on any atom is 0.412 e. The minimum Gasteiger partial charge on any atom is -0.444 e. The molecule has 2 rings (SSSR count). The number of anilines is 1. The molecule has 0 saturated heterocycles. The number of hydrogen-bond acceptors (Lipinski definition) is 6. The van der Waals surface area contributed by atoms with Crippen molar-refractivity contribution in [2.45, 2.75) is 26.4 Å². The van der Waals surface area contributed by atoms with Gasteiger partial charge >= 0.3 is 6.09 Å². The third-order valence-corrected chi connectivity index (χ3v) is 4.00. The number of carbonyl (C=O) groups is 2. The Hall–Kier alpha value is -2.19. The van der Waals surface area contributed by atoms with Gasteiger partial charge in [-0.1, -0.05) is 0 Å². The summed E-state index contributed by atoms with van der Waals surface area (Å²) in [7, 11) is 2.90. The number of nitrogens with zero attached hydrogens (tertiary/aromatic N) is 2. The van der Waals surface area contributed by atoms with E-state index >= 15 is 0 Å². The molecular weight excluding hydrogens is 318 g/mol. The van der Waals surface area contributed by atoms with Crippen molar-refractivity contribution >= 4 is 39.1 Å². The van der Waals surface area contributed by atoms with Crippen LogP contribution in [0, 0.1) is 0 Å². The van der Waals surface area contributed by atoms with Crippen LogP contribution in [-0.4, -0.2) is 41.8 Å². The van der Waals surface area contributed by atoms with Gasteiger partial charge in [-0.2, -0.15) is 0 Å². The number of carbonyl (C=O) groups excluding carboxylic acids is 2. The number of hydroxylamine groups is 2. The van der Waals surface area contributed by atoms with Crippen molar-refractivity contribution in [3.63, 3.8) is 0 Å². The first-order valence-corrected chi connectivity index (χ1v) is 7.73. The number of thiophene rings is 1. The summed E-state index contributed by atoms with van der Waals surface area (Å²) in [6, 6.07) is 1.74. The zero-order chi connectivity index (χ0) is 17.2. The minimum atomic E-state index is -0.634. The van der Waals surface area contributed by atoms with Crippen LogP contribution in [0.3, 0.4) is 0 Å². The molecule has 0 atom stereocenters. The number of ether oxygens (including phenoxy) is 1. The first-order chi connectivity index (χ1) is 10.7. The molecule has 0 saturated carbocycles. The van der Waals surface area contributed by atoms with Gasteiger partial charge in [0.1, 0.15) is 10.5 Å². The standard InChI is InChI=1S/C15H19N3O4S/c1-15(2,3)22-14(20)17-11-9-6-7-16-8-10(9)23-12(11)13(19)18(4)21-5/h6-8H,1-5H3,(H,17,20). The molecule has 8 heteroatoms. The van der Waals surface area contributed by atoms with E-state index in [1.54, 1.807) is 39.2 Å². The van der Waals surface area contributed by atoms with Crippen LogP contribution in [0.15, 0.2) is 18.5 Å². The van der Waals surface area contributed by atoms with E-state index in [2.05, 4.69) is 10.3 Å². The second-order valence-electron chi connectivity index (χ2n) is 5.79. The van der Waals surface area contributed by atoms with Gasteiger partial charge in [0.15, 0.2) is 0 Å². The van der Waals surface area contributed by atoms with Crippen molar-refractivity contribution in [1.82, 2.24) is 10.0 Å². The Labute approximate surface area is 138 Å². The van der Waals surface area contributed by atoms with Crippen LogP contribution in [0.5, 0.6) is 0 Å². The monoisotopic (exact) mass is 337 g/mol. The van der Waals surface area contributed by atoms with Gasteiger partial charge in [0, 0.05) is 24.8 Å². The Morgan fingerprint density at radius 1 is 1.35 bits per heavy atom. The van der Waals surface area contributed by atoms with Crippen LogP contribution in [0.25, 0.3) is 10.1 Å². The lowest BCUT2D eigenvalue weighted by Gasteiger charge is -2.20. The van der Waals surface area contributed by atoms with Gasteiger partial charge < -0.3 is 4.74 Å². The zero-order valence-electron chi connectivity index (χ0n) is 13.7. The third-order valence-electron chi connectivity index (χ3n) is 2.87. The molecule has 0 aliphatic rings. The van der Waals surface area contributed by atoms with E-state index in [4.69, 9.17) is 9.57 Å². The van der Waals surface area contributed by atoms with E-state index < -0.39 is 11.7 Å². The molecule has 0 bridgehead atoms. The average Bonchev–Trinajstić information content (AvgIpc) is 2.82. The van der Waals surface area contributed by atoms with Gasteiger partial charge in [-0.25, -0.2) is 9.86 Å². The predicted molar refractivity (Wildman–Crippen MR) is 88.6 cm³/mol. The maximum absolute atomic E-state index is 12.4. The normalized spacial score (nSPS) is 11.3. The summed E-state index contributed by atoms with van der Waals surface area (Å²) in [5.74, 6) is -0.361. The minimum absolute atomic E-state index is 0.350. The fourth-order valence-electron chi connectivity index (χ4n) is 1.86. The third kappa shape index (κ3) is 3.96. The Morgan fingerprint density at radius 2 is 2.04 bits per heavy atom. The summed E-state index contributed by atoms with van der Waals surface area (Å²) in [5, 5.41) is 4.49. The SMILES string of the molecule is CON(C)C(=O)c1sc2cnccc2c1NC(=O)OC(C)(C)C. The van der Waals surface area contributed by atoms with Crippen LogP contribution >= 0.6 is 11.3 Å². The molecule has 7 nitrogen and oxygen atoms in total. The molecular formula is C15H19N3O4S. The topological polar surface area (TPSA) is 80.8 Å². The highest BCUT2D eigenvalue weighted by molar-refractivity contribution is 7.21. The predicted octanol–water partition coefficient (Wildman–Crippen LogP) is 3.28. The van der Waals surface area contributed by atoms with Gasteiger partial charge in [-0.3, -0.25) is 19.9 Å². The number of fused-ring (bicyclic) bond motifs is 1. The van der Waals surface area contributed by atoms with Crippen molar-refractivity contribution in [1.29, 1.82) is 0 Å². The van der Waals surface area contributed by atoms with E-state index in [-0.39, 0.29) is 5.91 Å². The molecule has 0 aromatic carbocycles. The van der Waals surface area contributed by atoms with Crippen molar-refractivity contribution in [3.05, 3.63) is 23.3 Å². The second-order valence-corrected chi connectivity index (χ2v) is 6.84. The summed E-state index contributed by atoms with van der Waals surface area (Å²) in [5.41, 5.74) is -0.235. The van der Waals surface area contributed by atoms with Gasteiger partial charge in [0.05, 0.1) is 17.5 Å². The van der Waals surface area contributed by atoms with E-state index in [1.807, 2.05) is 0 Å². The zero-order valence-corrected chi connectivity index (χ0v) is 14.5. The summed E-state index contributed by atoms with van der Waals surface area (Å²) in [4.78, 5) is 33.8. The largest absolute Gasteiger partial charge is 0.444 e. The van der Waals surface area contributed by atoms with Gasteiger partial charge in [-0.05, 0) is 26.8 Å². The molecule has 2 amide bonds. The molecule has 0 aliphatic carbocycles. The Kier molecular flexibility index (Phi) is 4.86. The highest BCUT2D eigenvalue weighted by Crippen LogP contribution is 2.36. The van der Waals surface area contributed by atoms with Gasteiger partial charge in [0.25, 0.3) is 5.91 Å². The highest BCUT2D eigenvalue weighted by atomic mass is 32.1. The lowest BCUT2D eigenvalue weighted by atomic mass is 10.2. The van der Waals surface area contributed by atoms with E-state index in [9.17, 15) is 9.59 Å². The van der Waals surface area contributed by atoms with Gasteiger partial charge in [-0.15, -0.1) is 11.3 Å². The molecule has 2 aromatic rings. The van der Waals surface area contributed by atoms with Crippen molar-refractivity contribution < 1.29 is 19.2 Å². The summed E-state index contributed by atoms with van der Waals surface area (Å²) in [6.07, 6.45) is 2.62. The number of amides is 2. The number of pyridine rings is 1. The summed E-state index contributed by atoms with van der Waals surface area (Å²) < 4.78 is 6.05. The first kappa shape index (κ1) is 17.2. The van der Waals surface area contributed by atoms with Crippen LogP contribution < -0.4 is 5.32 Å². The fourth-order valence-corrected chi connectivity index (χ4v) is 2.95. The van der Waals surface area contributed by atoms with E-state index in [1.165, 1.54) is 25.5 Å². The Bertz CT molecular complexity index is 736. The van der Waals surface area contributed by atoms with Crippen LogP contribution in [0.2, 0.25) is 0 Å². The van der Waals surface area contributed by atoms with Crippen LogP contribution in [0.4, 0.5) is 10.5 Å². The lowest BCUT2D eigenvalue weighted by Crippen LogP contribution is -2.29. The van der Waals surface area contributed by atoms with Crippen LogP contribution in [0.1, 0.15) is 30.4 Å². The van der Waals surface area contributed by atoms with E-state index in [0.29, 0.717) is 10.6 Å². The first-order valence-electron chi connectivity index (χ1n) is 6.91. The van der Waals surface area contributed by atoms with E-state index in [0.717, 1.165) is 15.1 Å². The molecule has 0 radical (unpaired) electrons. The van der Waals surface area contributed by atoms with Gasteiger partial charge in [0.2, 0.25) is 0 Å². The van der Waals surface area contributed by atoms with Crippen LogP contribution in [-0.2, 0) is 9.57 Å². The number of aromatic nitrogens is 1. The number of rotatable bonds is 3. The molecule has 124 valence electrons. The fraction of sp³-hybridized carbons (Fsp3) is 0.400. The average molecular weight is 337 g/mol. The molecule has 0 unspecified atom stereocenters. The molecule has 1 N–H and O–H groups in total. The molecule has 2 aromatic heterocycles. The molecule has 2 heterocycles. The van der Waals surface area contributed by atoms with Crippen molar-refractivity contribution in [2.24, 2.45) is 0 Å². The molecule has 0 spiro atoms. The molecule has 23 heavy (non-hydrogen) atoms. The highest BCUT2D eigenvalue weighted by Gasteiger charge is 2.25. The smallest absolute Gasteiger partial charge is 0.412 e. The Balaban J connectivity index is 2.43. The summed E-state index contributed by atoms with van der Waals surface area (Å²) in [6.45, 7) is 5.31. The van der Waals surface area contributed by atoms with Crippen molar-refractivity contribution in [3.8, 4) is 0 Å². The second kappa shape index (κ2) is 6.51. The Morgan fingerprint density at radius 3 is 2.65 bits per heavy atom. The molecule has 0 fully saturated rings. The van der Waals surface area contributed by atoms with Crippen molar-refractivity contribution in [2.75, 3.05) is 19.5 Å². The number of nitrogens with one attached hydrogen (secondary N) is 1. The number of hydrogen-bond donors (Lipinski definition) is 1. The quantitative estimate of drug-likeness (QED) is 0.869. The lowest BCUT2D eigenvalue weighted by molar-refractivity contribution is -0.0753. The summed E-state index contributed by atoms with van der Waals surface area (Å²) >= 11 is 1.23. The maximum atomic E-state index is 12.4. The molecule has 0 aliphatic heterocycles.